The third kappa shape index (κ3) is 4.50. The number of aryl methyl sites for hydroxylation is 1. The van der Waals surface area contributed by atoms with Crippen molar-refractivity contribution in [3.05, 3.63) is 28.8 Å². The van der Waals surface area contributed by atoms with Crippen molar-refractivity contribution < 1.29 is 9.47 Å². The first-order valence-electron chi connectivity index (χ1n) is 7.52. The fourth-order valence-corrected chi connectivity index (χ4v) is 2.47. The van der Waals surface area contributed by atoms with Gasteiger partial charge < -0.3 is 14.8 Å². The Hall–Kier alpha value is -1.06. The van der Waals surface area contributed by atoms with Crippen molar-refractivity contribution in [2.45, 2.75) is 46.1 Å². The molecular formula is C17H29NO2. The molecule has 114 valence electrons. The maximum Gasteiger partial charge on any atom is 0.126 e. The molecule has 0 saturated heterocycles. The Bertz CT molecular complexity index is 404. The second kappa shape index (κ2) is 8.98. The van der Waals surface area contributed by atoms with Gasteiger partial charge in [-0.3, -0.25) is 0 Å². The summed E-state index contributed by atoms with van der Waals surface area (Å²) in [6.07, 6.45) is 3.24. The van der Waals surface area contributed by atoms with Crippen molar-refractivity contribution in [1.82, 2.24) is 5.32 Å². The lowest BCUT2D eigenvalue weighted by atomic mass is 9.96. The van der Waals surface area contributed by atoms with Gasteiger partial charge in [0.05, 0.1) is 7.11 Å². The number of ether oxygens (including phenoxy) is 2. The molecule has 0 spiro atoms. The lowest BCUT2D eigenvalue weighted by Crippen LogP contribution is -2.23. The number of benzene rings is 1. The molecule has 1 aromatic carbocycles. The summed E-state index contributed by atoms with van der Waals surface area (Å²) in [5.41, 5.74) is 3.77. The second-order valence-corrected chi connectivity index (χ2v) is 5.27. The van der Waals surface area contributed by atoms with Gasteiger partial charge in [-0.2, -0.15) is 0 Å². The van der Waals surface area contributed by atoms with Crippen LogP contribution in [0.1, 0.15) is 48.9 Å². The molecule has 20 heavy (non-hydrogen) atoms. The molecule has 0 aliphatic carbocycles. The number of methoxy groups -OCH3 is 2. The highest BCUT2D eigenvalue weighted by Gasteiger charge is 2.17. The van der Waals surface area contributed by atoms with Crippen molar-refractivity contribution >= 4 is 0 Å². The van der Waals surface area contributed by atoms with Gasteiger partial charge in [0.25, 0.3) is 0 Å². The average Bonchev–Trinajstić information content (AvgIpc) is 2.45. The van der Waals surface area contributed by atoms with E-state index >= 15 is 0 Å². The molecule has 1 rings (SSSR count). The maximum atomic E-state index is 5.65. The van der Waals surface area contributed by atoms with Crippen LogP contribution in [0.4, 0.5) is 0 Å². The Labute approximate surface area is 123 Å². The Morgan fingerprint density at radius 1 is 1.20 bits per heavy atom. The van der Waals surface area contributed by atoms with Gasteiger partial charge in [-0.05, 0) is 50.8 Å². The largest absolute Gasteiger partial charge is 0.496 e. The van der Waals surface area contributed by atoms with E-state index in [1.165, 1.54) is 16.7 Å². The summed E-state index contributed by atoms with van der Waals surface area (Å²) in [6, 6.07) is 4.71. The highest BCUT2D eigenvalue weighted by molar-refractivity contribution is 5.46. The van der Waals surface area contributed by atoms with Gasteiger partial charge in [-0.1, -0.05) is 19.1 Å². The number of rotatable bonds is 9. The molecule has 1 N–H and O–H groups in total. The first-order valence-corrected chi connectivity index (χ1v) is 7.52. The van der Waals surface area contributed by atoms with Crippen LogP contribution in [-0.4, -0.2) is 27.4 Å². The molecule has 3 heteroatoms. The predicted molar refractivity (Wildman–Crippen MR) is 84.6 cm³/mol. The van der Waals surface area contributed by atoms with E-state index in [2.05, 4.69) is 38.2 Å². The number of nitrogens with one attached hydrogen (secondary N) is 1. The first kappa shape index (κ1) is 17.0. The van der Waals surface area contributed by atoms with E-state index in [0.29, 0.717) is 6.04 Å². The van der Waals surface area contributed by atoms with Crippen LogP contribution in [0.2, 0.25) is 0 Å². The molecule has 0 aliphatic heterocycles. The van der Waals surface area contributed by atoms with E-state index in [1.807, 2.05) is 0 Å². The van der Waals surface area contributed by atoms with Gasteiger partial charge in [0.1, 0.15) is 5.75 Å². The molecule has 0 saturated carbocycles. The summed E-state index contributed by atoms with van der Waals surface area (Å²) in [5.74, 6) is 1.02. The zero-order valence-corrected chi connectivity index (χ0v) is 13.6. The van der Waals surface area contributed by atoms with Crippen LogP contribution in [0.5, 0.6) is 5.75 Å². The molecule has 0 bridgehead atoms. The van der Waals surface area contributed by atoms with Crippen LogP contribution in [0.15, 0.2) is 12.1 Å². The Kier molecular flexibility index (Phi) is 7.63. The van der Waals surface area contributed by atoms with Crippen LogP contribution in [-0.2, 0) is 4.74 Å². The zero-order chi connectivity index (χ0) is 15.0. The molecule has 0 fully saturated rings. The minimum atomic E-state index is 0.333. The maximum absolute atomic E-state index is 5.65. The van der Waals surface area contributed by atoms with Crippen molar-refractivity contribution in [3.8, 4) is 5.75 Å². The van der Waals surface area contributed by atoms with E-state index in [1.54, 1.807) is 14.2 Å². The highest BCUT2D eigenvalue weighted by Crippen LogP contribution is 2.32. The smallest absolute Gasteiger partial charge is 0.126 e. The second-order valence-electron chi connectivity index (χ2n) is 5.27. The summed E-state index contributed by atoms with van der Waals surface area (Å²) >= 11 is 0. The van der Waals surface area contributed by atoms with Gasteiger partial charge in [0, 0.05) is 25.3 Å². The fraction of sp³-hybridized carbons (Fsp3) is 0.647. The van der Waals surface area contributed by atoms with E-state index in [4.69, 9.17) is 9.47 Å². The van der Waals surface area contributed by atoms with Crippen LogP contribution in [0.3, 0.4) is 0 Å². The lowest BCUT2D eigenvalue weighted by molar-refractivity contribution is 0.188. The van der Waals surface area contributed by atoms with Gasteiger partial charge in [0.15, 0.2) is 0 Å². The van der Waals surface area contributed by atoms with E-state index in [0.717, 1.165) is 38.2 Å². The van der Waals surface area contributed by atoms with Crippen molar-refractivity contribution in [2.75, 3.05) is 27.4 Å². The van der Waals surface area contributed by atoms with E-state index < -0.39 is 0 Å². The summed E-state index contributed by atoms with van der Waals surface area (Å²) < 4.78 is 10.8. The summed E-state index contributed by atoms with van der Waals surface area (Å²) in [4.78, 5) is 0. The predicted octanol–water partition coefficient (Wildman–Crippen LogP) is 3.78. The summed E-state index contributed by atoms with van der Waals surface area (Å²) in [7, 11) is 3.52. The minimum Gasteiger partial charge on any atom is -0.496 e. The molecule has 1 unspecified atom stereocenters. The van der Waals surface area contributed by atoms with Crippen LogP contribution >= 0.6 is 0 Å². The van der Waals surface area contributed by atoms with Crippen LogP contribution in [0, 0.1) is 13.8 Å². The molecule has 0 aromatic heterocycles. The molecule has 0 heterocycles. The summed E-state index contributed by atoms with van der Waals surface area (Å²) in [5, 5.41) is 3.63. The van der Waals surface area contributed by atoms with Gasteiger partial charge in [-0.15, -0.1) is 0 Å². The van der Waals surface area contributed by atoms with Crippen LogP contribution < -0.4 is 10.1 Å². The topological polar surface area (TPSA) is 30.5 Å². The minimum absolute atomic E-state index is 0.333. The monoisotopic (exact) mass is 279 g/mol. The van der Waals surface area contributed by atoms with E-state index in [-0.39, 0.29) is 0 Å². The highest BCUT2D eigenvalue weighted by atomic mass is 16.5. The van der Waals surface area contributed by atoms with Gasteiger partial charge >= 0.3 is 0 Å². The fourth-order valence-electron chi connectivity index (χ4n) is 2.47. The molecule has 1 aromatic rings. The molecule has 0 amide bonds. The first-order chi connectivity index (χ1) is 9.65. The normalized spacial score (nSPS) is 12.4. The molecule has 3 nitrogen and oxygen atoms in total. The lowest BCUT2D eigenvalue weighted by Gasteiger charge is -2.23. The molecular weight excluding hydrogens is 250 g/mol. The Morgan fingerprint density at radius 2 is 1.95 bits per heavy atom. The van der Waals surface area contributed by atoms with Crippen LogP contribution in [0.25, 0.3) is 0 Å². The molecule has 0 aliphatic rings. The SMILES string of the molecule is CCCNC(CCCOC)c1ccc(C)c(C)c1OC. The Balaban J connectivity index is 2.96. The third-order valence-corrected chi connectivity index (χ3v) is 3.77. The van der Waals surface area contributed by atoms with Crippen molar-refractivity contribution in [3.63, 3.8) is 0 Å². The summed E-state index contributed by atoms with van der Waals surface area (Å²) in [6.45, 7) is 8.27. The van der Waals surface area contributed by atoms with Gasteiger partial charge in [0.2, 0.25) is 0 Å². The Morgan fingerprint density at radius 3 is 2.55 bits per heavy atom. The van der Waals surface area contributed by atoms with E-state index in [9.17, 15) is 0 Å². The van der Waals surface area contributed by atoms with Crippen molar-refractivity contribution in [2.24, 2.45) is 0 Å². The standard InChI is InChI=1S/C17H29NO2/c1-6-11-18-16(8-7-12-19-4)15-10-9-13(2)14(3)17(15)20-5/h9-10,16,18H,6-8,11-12H2,1-5H3. The average molecular weight is 279 g/mol. The third-order valence-electron chi connectivity index (χ3n) is 3.77. The molecule has 1 atom stereocenters. The zero-order valence-electron chi connectivity index (χ0n) is 13.6. The van der Waals surface area contributed by atoms with Crippen molar-refractivity contribution in [1.29, 1.82) is 0 Å². The van der Waals surface area contributed by atoms with Gasteiger partial charge in [-0.25, -0.2) is 0 Å². The quantitative estimate of drug-likeness (QED) is 0.698. The number of hydrogen-bond donors (Lipinski definition) is 1. The molecule has 0 radical (unpaired) electrons. The number of hydrogen-bond acceptors (Lipinski definition) is 3.